The first-order valence-corrected chi connectivity index (χ1v) is 8.78. The first kappa shape index (κ1) is 18.9. The minimum Gasteiger partial charge on any atom is -0.289 e. The number of carbonyl (C=O) groups is 1. The Morgan fingerprint density at radius 2 is 1.44 bits per heavy atom. The van der Waals surface area contributed by atoms with E-state index < -0.39 is 0 Å². The van der Waals surface area contributed by atoms with Gasteiger partial charge in [0.25, 0.3) is 0 Å². The molecule has 1 aliphatic carbocycles. The van der Waals surface area contributed by atoms with Crippen molar-refractivity contribution < 1.29 is 4.79 Å². The molecule has 2 aromatic rings. The molecule has 0 atom stereocenters. The monoisotopic (exact) mass is 332 g/mol. The third kappa shape index (κ3) is 5.86. The average molecular weight is 332 g/mol. The summed E-state index contributed by atoms with van der Waals surface area (Å²) in [5, 5.41) is 0. The van der Waals surface area contributed by atoms with Crippen LogP contribution in [0.15, 0.2) is 78.4 Å². The topological polar surface area (TPSA) is 17.1 Å². The Kier molecular flexibility index (Phi) is 6.14. The van der Waals surface area contributed by atoms with Crippen LogP contribution in [0, 0.1) is 12.3 Å². The SMILES string of the molecule is C=C1C=C(C)CC(C)(C)C1.Cc1ccc(C(=O)c2ccccc2)cc1. The first-order chi connectivity index (χ1) is 11.8. The molecule has 2 aromatic carbocycles. The molecule has 0 saturated carbocycles. The fraction of sp³-hybridized carbons (Fsp3) is 0.292. The van der Waals surface area contributed by atoms with Crippen molar-refractivity contribution in [3.8, 4) is 0 Å². The summed E-state index contributed by atoms with van der Waals surface area (Å²) in [5.74, 6) is 0.0793. The molecule has 0 aromatic heterocycles. The quantitative estimate of drug-likeness (QED) is 0.571. The van der Waals surface area contributed by atoms with E-state index in [-0.39, 0.29) is 5.78 Å². The van der Waals surface area contributed by atoms with Crippen molar-refractivity contribution in [2.45, 2.75) is 40.5 Å². The largest absolute Gasteiger partial charge is 0.289 e. The predicted octanol–water partition coefficient (Wildman–Crippen LogP) is 6.53. The molecule has 0 bridgehead atoms. The highest BCUT2D eigenvalue weighted by Gasteiger charge is 2.22. The smallest absolute Gasteiger partial charge is 0.193 e. The van der Waals surface area contributed by atoms with Crippen molar-refractivity contribution in [1.29, 1.82) is 0 Å². The number of allylic oxidation sites excluding steroid dienone is 3. The summed E-state index contributed by atoms with van der Waals surface area (Å²) in [4.78, 5) is 12.0. The van der Waals surface area contributed by atoms with Crippen LogP contribution in [-0.4, -0.2) is 5.78 Å². The van der Waals surface area contributed by atoms with E-state index in [1.54, 1.807) is 0 Å². The van der Waals surface area contributed by atoms with Crippen LogP contribution in [0.2, 0.25) is 0 Å². The van der Waals surface area contributed by atoms with Crippen LogP contribution in [0.5, 0.6) is 0 Å². The van der Waals surface area contributed by atoms with E-state index in [1.807, 2.05) is 61.5 Å². The van der Waals surface area contributed by atoms with Crippen LogP contribution in [-0.2, 0) is 0 Å². The standard InChI is InChI=1S/C14H12O.C10H16/c1-11-7-9-13(10-8-11)14(15)12-5-3-2-4-6-12;1-8-5-9(2)7-10(3,4)6-8/h2-10H,1H3;5H,1,6-7H2,2-4H3. The molecule has 0 fully saturated rings. The van der Waals surface area contributed by atoms with E-state index >= 15 is 0 Å². The van der Waals surface area contributed by atoms with Gasteiger partial charge in [-0.3, -0.25) is 4.79 Å². The summed E-state index contributed by atoms with van der Waals surface area (Å²) < 4.78 is 0. The molecule has 1 heteroatoms. The van der Waals surface area contributed by atoms with Gasteiger partial charge in [0.1, 0.15) is 0 Å². The molecule has 0 unspecified atom stereocenters. The normalized spacial score (nSPS) is 15.7. The molecule has 0 spiro atoms. The van der Waals surface area contributed by atoms with Crippen molar-refractivity contribution in [1.82, 2.24) is 0 Å². The Balaban J connectivity index is 0.000000196. The number of ketones is 1. The zero-order valence-corrected chi connectivity index (χ0v) is 15.8. The van der Waals surface area contributed by atoms with Crippen LogP contribution in [0.4, 0.5) is 0 Å². The van der Waals surface area contributed by atoms with Crippen molar-refractivity contribution in [2.24, 2.45) is 5.41 Å². The van der Waals surface area contributed by atoms with Gasteiger partial charge >= 0.3 is 0 Å². The Bertz CT molecular complexity index is 762. The van der Waals surface area contributed by atoms with Crippen molar-refractivity contribution in [3.63, 3.8) is 0 Å². The molecule has 25 heavy (non-hydrogen) atoms. The second-order valence-electron chi connectivity index (χ2n) is 7.73. The highest BCUT2D eigenvalue weighted by molar-refractivity contribution is 6.08. The molecule has 0 N–H and O–H groups in total. The lowest BCUT2D eigenvalue weighted by atomic mass is 9.76. The lowest BCUT2D eigenvalue weighted by Gasteiger charge is -2.29. The number of hydrogen-bond donors (Lipinski definition) is 0. The van der Waals surface area contributed by atoms with E-state index in [0.717, 1.165) is 17.5 Å². The van der Waals surface area contributed by atoms with E-state index in [0.29, 0.717) is 5.41 Å². The first-order valence-electron chi connectivity index (χ1n) is 8.78. The van der Waals surface area contributed by atoms with Crippen molar-refractivity contribution in [2.75, 3.05) is 0 Å². The highest BCUT2D eigenvalue weighted by Crippen LogP contribution is 2.36. The second-order valence-corrected chi connectivity index (χ2v) is 7.73. The molecule has 130 valence electrons. The molecule has 0 aliphatic heterocycles. The molecule has 0 saturated heterocycles. The Morgan fingerprint density at radius 1 is 0.880 bits per heavy atom. The predicted molar refractivity (Wildman–Crippen MR) is 107 cm³/mol. The van der Waals surface area contributed by atoms with E-state index in [2.05, 4.69) is 33.4 Å². The van der Waals surface area contributed by atoms with Crippen molar-refractivity contribution >= 4 is 5.78 Å². The summed E-state index contributed by atoms with van der Waals surface area (Å²) in [7, 11) is 0. The van der Waals surface area contributed by atoms with E-state index in [4.69, 9.17) is 0 Å². The maximum atomic E-state index is 12.0. The highest BCUT2D eigenvalue weighted by atomic mass is 16.1. The summed E-state index contributed by atoms with van der Waals surface area (Å²) in [6.45, 7) is 12.8. The van der Waals surface area contributed by atoms with Gasteiger partial charge in [-0.05, 0) is 32.1 Å². The number of rotatable bonds is 2. The third-order valence-electron chi connectivity index (χ3n) is 4.26. The summed E-state index contributed by atoms with van der Waals surface area (Å²) >= 11 is 0. The van der Waals surface area contributed by atoms with Gasteiger partial charge in [-0.15, -0.1) is 0 Å². The van der Waals surface area contributed by atoms with Crippen LogP contribution in [0.1, 0.15) is 55.1 Å². The molecule has 1 nitrogen and oxygen atoms in total. The number of aryl methyl sites for hydroxylation is 1. The van der Waals surface area contributed by atoms with Crippen LogP contribution in [0.3, 0.4) is 0 Å². The summed E-state index contributed by atoms with van der Waals surface area (Å²) in [6.07, 6.45) is 4.60. The number of hydrogen-bond acceptors (Lipinski definition) is 1. The van der Waals surface area contributed by atoms with Crippen LogP contribution >= 0.6 is 0 Å². The Labute approximate surface area is 152 Å². The molecular weight excluding hydrogens is 304 g/mol. The van der Waals surface area contributed by atoms with Crippen molar-refractivity contribution in [3.05, 3.63) is 95.1 Å². The van der Waals surface area contributed by atoms with Crippen LogP contribution in [0.25, 0.3) is 0 Å². The maximum Gasteiger partial charge on any atom is 0.193 e. The van der Waals surface area contributed by atoms with Gasteiger partial charge in [-0.2, -0.15) is 0 Å². The molecule has 3 rings (SSSR count). The minimum absolute atomic E-state index is 0.0793. The number of carbonyl (C=O) groups excluding carboxylic acids is 1. The van der Waals surface area contributed by atoms with Gasteiger partial charge in [0.05, 0.1) is 0 Å². The molecule has 1 aliphatic rings. The molecule has 0 amide bonds. The second kappa shape index (κ2) is 8.11. The third-order valence-corrected chi connectivity index (χ3v) is 4.26. The zero-order valence-electron chi connectivity index (χ0n) is 15.8. The van der Waals surface area contributed by atoms with Gasteiger partial charge in [0, 0.05) is 11.1 Å². The fourth-order valence-corrected chi connectivity index (χ4v) is 3.34. The van der Waals surface area contributed by atoms with Gasteiger partial charge in [0.2, 0.25) is 0 Å². The lowest BCUT2D eigenvalue weighted by Crippen LogP contribution is -2.15. The summed E-state index contributed by atoms with van der Waals surface area (Å²) in [5.41, 5.74) is 5.86. The van der Waals surface area contributed by atoms with Gasteiger partial charge in [0.15, 0.2) is 5.78 Å². The zero-order chi connectivity index (χ0) is 18.4. The Hall–Kier alpha value is -2.41. The van der Waals surface area contributed by atoms with E-state index in [9.17, 15) is 4.79 Å². The maximum absolute atomic E-state index is 12.0. The fourth-order valence-electron chi connectivity index (χ4n) is 3.34. The van der Waals surface area contributed by atoms with Gasteiger partial charge in [-0.1, -0.05) is 97.8 Å². The average Bonchev–Trinajstić information content (AvgIpc) is 2.54. The molecular formula is C24H28O. The Morgan fingerprint density at radius 3 is 1.96 bits per heavy atom. The van der Waals surface area contributed by atoms with E-state index in [1.165, 1.54) is 23.1 Å². The van der Waals surface area contributed by atoms with Crippen LogP contribution < -0.4 is 0 Å². The van der Waals surface area contributed by atoms with Gasteiger partial charge in [-0.25, -0.2) is 0 Å². The summed E-state index contributed by atoms with van der Waals surface area (Å²) in [6, 6.07) is 17.0. The number of benzene rings is 2. The molecule has 0 heterocycles. The van der Waals surface area contributed by atoms with Gasteiger partial charge < -0.3 is 0 Å². The lowest BCUT2D eigenvalue weighted by molar-refractivity contribution is 0.103. The minimum atomic E-state index is 0.0793. The molecule has 0 radical (unpaired) electrons.